The molecular weight excluding hydrogens is 820 g/mol. The van der Waals surface area contributed by atoms with Crippen LogP contribution >= 0.6 is 34.7 Å². The largest absolute Gasteiger partial charge is 0.433 e. The van der Waals surface area contributed by atoms with E-state index < -0.39 is 23.2 Å². The predicted molar refractivity (Wildman–Crippen MR) is 225 cm³/mol. The fourth-order valence-electron chi connectivity index (χ4n) is 7.74. The van der Waals surface area contributed by atoms with Crippen molar-refractivity contribution in [2.24, 2.45) is 0 Å². The second-order valence-corrected chi connectivity index (χ2v) is 16.2. The van der Waals surface area contributed by atoms with Crippen molar-refractivity contribution in [2.45, 2.75) is 43.2 Å². The van der Waals surface area contributed by atoms with Gasteiger partial charge in [-0.15, -0.1) is 0 Å². The maximum Gasteiger partial charge on any atom is 0.433 e. The molecule has 59 heavy (non-hydrogen) atoms. The Balaban J connectivity index is 1.04. The number of anilines is 4. The van der Waals surface area contributed by atoms with Crippen LogP contribution in [0.4, 0.5) is 36.2 Å². The van der Waals surface area contributed by atoms with E-state index in [1.165, 1.54) is 22.2 Å². The Hall–Kier alpha value is -6.09. The van der Waals surface area contributed by atoms with Crippen LogP contribution < -0.4 is 22.0 Å². The number of aromatic nitrogens is 6. The first-order valence-corrected chi connectivity index (χ1v) is 20.2. The minimum atomic E-state index is -4.66. The molecule has 10 rings (SSSR count). The molecule has 8 aromatic rings. The van der Waals surface area contributed by atoms with E-state index in [0.717, 1.165) is 59.3 Å². The second-order valence-electron chi connectivity index (χ2n) is 14.7. The molecule has 294 valence electrons. The molecule has 2 N–H and O–H groups in total. The highest BCUT2D eigenvalue weighted by Gasteiger charge is 2.40. The molecule has 0 radical (unpaired) electrons. The van der Waals surface area contributed by atoms with Crippen LogP contribution in [0.15, 0.2) is 118 Å². The van der Waals surface area contributed by atoms with E-state index in [9.17, 15) is 22.8 Å². The molecule has 2 fully saturated rings. The Morgan fingerprint density at radius 3 is 1.97 bits per heavy atom. The van der Waals surface area contributed by atoms with Gasteiger partial charge < -0.3 is 10.6 Å². The Bertz CT molecular complexity index is 3100. The van der Waals surface area contributed by atoms with Gasteiger partial charge in [-0.2, -0.15) is 27.5 Å². The standard InChI is InChI=1S/C43H29Cl2F3N8O2S/c44-32-3-1-2-4-34(32)55-36-16-24(8-11-29(36)39(53-41(55)57)51-26-13-14-49-38(18-26)43(46,47)48)30-19-31(30)25-9-12-33(45)37(17-25)56-35-15-23(22-5-6-22)7-10-28(35)40(54-42(56)58)52-27-20-50-59-21-27/h1-4,7-18,20-22,30-31H,5-6,19H2,(H,52,54,58)(H,49,51,53,57). The van der Waals surface area contributed by atoms with Gasteiger partial charge in [0.15, 0.2) is 0 Å². The molecular formula is C43H29Cl2F3N8O2S. The van der Waals surface area contributed by atoms with Crippen molar-refractivity contribution in [1.82, 2.24) is 28.5 Å². The highest BCUT2D eigenvalue weighted by Crippen LogP contribution is 2.55. The molecule has 2 unspecified atom stereocenters. The number of rotatable bonds is 9. The summed E-state index contributed by atoms with van der Waals surface area (Å²) in [5, 5.41) is 9.99. The van der Waals surface area contributed by atoms with E-state index in [2.05, 4.69) is 42.1 Å². The number of hydrogen-bond donors (Lipinski definition) is 2. The van der Waals surface area contributed by atoms with Crippen LogP contribution in [0.3, 0.4) is 0 Å². The fraction of sp³-hybridized carbons (Fsp3) is 0.163. The Morgan fingerprint density at radius 1 is 0.695 bits per heavy atom. The van der Waals surface area contributed by atoms with Crippen molar-refractivity contribution < 1.29 is 13.2 Å². The zero-order valence-electron chi connectivity index (χ0n) is 30.5. The van der Waals surface area contributed by atoms with Gasteiger partial charge in [0.05, 0.1) is 44.3 Å². The quantitative estimate of drug-likeness (QED) is 0.147. The van der Waals surface area contributed by atoms with Gasteiger partial charge in [-0.1, -0.05) is 53.5 Å². The molecule has 0 saturated heterocycles. The maximum absolute atomic E-state index is 14.0. The average molecular weight is 850 g/mol. The van der Waals surface area contributed by atoms with Crippen molar-refractivity contribution in [2.75, 3.05) is 10.6 Å². The lowest BCUT2D eigenvalue weighted by Gasteiger charge is -2.17. The number of nitrogens with one attached hydrogen (secondary N) is 2. The minimum absolute atomic E-state index is 0.0289. The molecule has 0 amide bonds. The SMILES string of the molecule is O=c1nc(Nc2cnsc2)c2ccc(C3CC3)cc2n1-c1cc(C2CC2c2ccc3c(Nc4ccnc(C(F)(F)F)c4)nc(=O)n(-c4ccccc4Cl)c3c2)ccc1Cl. The van der Waals surface area contributed by atoms with Crippen LogP contribution in [0.5, 0.6) is 0 Å². The number of benzene rings is 4. The van der Waals surface area contributed by atoms with Gasteiger partial charge in [-0.25, -0.2) is 9.59 Å². The van der Waals surface area contributed by atoms with Crippen molar-refractivity contribution >= 4 is 79.6 Å². The lowest BCUT2D eigenvalue weighted by molar-refractivity contribution is -0.141. The lowest BCUT2D eigenvalue weighted by atomic mass is 10.0. The number of hydrogen-bond acceptors (Lipinski definition) is 9. The number of nitrogens with zero attached hydrogens (tertiary/aromatic N) is 6. The van der Waals surface area contributed by atoms with Crippen LogP contribution in [0.25, 0.3) is 33.2 Å². The number of para-hydroxylation sites is 1. The van der Waals surface area contributed by atoms with Gasteiger partial charge in [0, 0.05) is 28.0 Å². The second kappa shape index (κ2) is 14.3. The van der Waals surface area contributed by atoms with Gasteiger partial charge in [-0.05, 0) is 126 Å². The van der Waals surface area contributed by atoms with E-state index in [4.69, 9.17) is 23.2 Å². The van der Waals surface area contributed by atoms with E-state index in [0.29, 0.717) is 49.6 Å². The first-order chi connectivity index (χ1) is 28.5. The summed E-state index contributed by atoms with van der Waals surface area (Å²) < 4.78 is 47.7. The van der Waals surface area contributed by atoms with Crippen LogP contribution in [-0.2, 0) is 6.18 Å². The van der Waals surface area contributed by atoms with Crippen LogP contribution in [0, 0.1) is 0 Å². The molecule has 10 nitrogen and oxygen atoms in total. The van der Waals surface area contributed by atoms with Gasteiger partial charge >= 0.3 is 17.6 Å². The number of halogens is 5. The topological polar surface area (TPSA) is 120 Å². The molecule has 4 aromatic heterocycles. The third-order valence-electron chi connectivity index (χ3n) is 10.8. The Kier molecular flexibility index (Phi) is 9.03. The van der Waals surface area contributed by atoms with Crippen LogP contribution in [0.2, 0.25) is 10.0 Å². The Labute approximate surface area is 347 Å². The molecule has 16 heteroatoms. The summed E-state index contributed by atoms with van der Waals surface area (Å²) in [5.41, 5.74) is 3.71. The monoisotopic (exact) mass is 848 g/mol. The third kappa shape index (κ3) is 7.00. The highest BCUT2D eigenvalue weighted by molar-refractivity contribution is 7.04. The number of pyridine rings is 1. The summed E-state index contributed by atoms with van der Waals surface area (Å²) in [6.07, 6.45) is 1.03. The normalized spacial score (nSPS) is 16.4. The van der Waals surface area contributed by atoms with E-state index in [-0.39, 0.29) is 23.3 Å². The van der Waals surface area contributed by atoms with Gasteiger partial charge in [0.2, 0.25) is 0 Å². The predicted octanol–water partition coefficient (Wildman–Crippen LogP) is 10.9. The smallest absolute Gasteiger partial charge is 0.339 e. The lowest BCUT2D eigenvalue weighted by Crippen LogP contribution is -2.23. The first kappa shape index (κ1) is 37.2. The summed E-state index contributed by atoms with van der Waals surface area (Å²) in [6.45, 7) is 0. The molecule has 2 atom stereocenters. The van der Waals surface area contributed by atoms with E-state index >= 15 is 0 Å². The summed E-state index contributed by atoms with van der Waals surface area (Å²) in [4.78, 5) is 40.0. The van der Waals surface area contributed by atoms with Crippen molar-refractivity contribution in [3.63, 3.8) is 0 Å². The summed E-state index contributed by atoms with van der Waals surface area (Å²) in [5.74, 6) is 1.04. The van der Waals surface area contributed by atoms with Gasteiger partial charge in [-0.3, -0.25) is 14.1 Å². The molecule has 2 aliphatic rings. The van der Waals surface area contributed by atoms with Crippen LogP contribution in [0.1, 0.15) is 59.4 Å². The molecule has 0 bridgehead atoms. The van der Waals surface area contributed by atoms with Crippen molar-refractivity contribution in [3.05, 3.63) is 162 Å². The number of fused-ring (bicyclic) bond motifs is 2. The third-order valence-corrected chi connectivity index (χ3v) is 12.1. The Morgan fingerprint density at radius 2 is 1.31 bits per heavy atom. The summed E-state index contributed by atoms with van der Waals surface area (Å²) in [7, 11) is 0. The zero-order chi connectivity index (χ0) is 40.6. The summed E-state index contributed by atoms with van der Waals surface area (Å²) in [6, 6.07) is 26.6. The first-order valence-electron chi connectivity index (χ1n) is 18.6. The van der Waals surface area contributed by atoms with Gasteiger partial charge in [0.1, 0.15) is 17.3 Å². The molecule has 2 saturated carbocycles. The van der Waals surface area contributed by atoms with Crippen molar-refractivity contribution in [1.29, 1.82) is 0 Å². The molecule has 2 aliphatic carbocycles. The summed E-state index contributed by atoms with van der Waals surface area (Å²) >= 11 is 14.8. The minimum Gasteiger partial charge on any atom is -0.339 e. The van der Waals surface area contributed by atoms with Crippen LogP contribution in [-0.4, -0.2) is 28.5 Å². The zero-order valence-corrected chi connectivity index (χ0v) is 32.9. The molecule has 4 aromatic carbocycles. The fourth-order valence-corrected chi connectivity index (χ4v) is 8.63. The number of alkyl halides is 3. The van der Waals surface area contributed by atoms with Gasteiger partial charge in [0.25, 0.3) is 0 Å². The van der Waals surface area contributed by atoms with E-state index in [1.807, 2.05) is 35.7 Å². The van der Waals surface area contributed by atoms with Crippen molar-refractivity contribution in [3.8, 4) is 11.4 Å². The molecule has 0 aliphatic heterocycles. The molecule has 4 heterocycles. The average Bonchev–Trinajstić information content (AvgIpc) is 4.16. The molecule has 0 spiro atoms. The highest BCUT2D eigenvalue weighted by atomic mass is 35.5. The maximum atomic E-state index is 14.0. The van der Waals surface area contributed by atoms with E-state index in [1.54, 1.807) is 47.2 Å².